The zero-order chi connectivity index (χ0) is 38.8. The number of hydrazone groups is 1. The summed E-state index contributed by atoms with van der Waals surface area (Å²) < 4.78 is 96.8. The first kappa shape index (κ1) is 37.8. The van der Waals surface area contributed by atoms with E-state index in [1.807, 2.05) is 6.92 Å². The zero-order valence-corrected chi connectivity index (χ0v) is 30.6. The summed E-state index contributed by atoms with van der Waals surface area (Å²) in [5.74, 6) is -0.505. The molecule has 0 radical (unpaired) electrons. The highest BCUT2D eigenvalue weighted by atomic mass is 32.2. The van der Waals surface area contributed by atoms with E-state index in [1.165, 1.54) is 60.7 Å². The van der Waals surface area contributed by atoms with Crippen molar-refractivity contribution in [3.8, 4) is 16.9 Å². The van der Waals surface area contributed by atoms with Gasteiger partial charge in [-0.15, -0.1) is 5.11 Å². The second kappa shape index (κ2) is 14.8. The third kappa shape index (κ3) is 8.62. The summed E-state index contributed by atoms with van der Waals surface area (Å²) in [6, 6.07) is 26.2. The number of benzene rings is 5. The lowest BCUT2D eigenvalue weighted by Crippen LogP contribution is -2.29. The van der Waals surface area contributed by atoms with Gasteiger partial charge in [-0.2, -0.15) is 50.7 Å². The van der Waals surface area contributed by atoms with E-state index < -0.39 is 47.2 Å². The van der Waals surface area contributed by atoms with Crippen LogP contribution in [0.2, 0.25) is 0 Å². The summed E-state index contributed by atoms with van der Waals surface area (Å²) in [6.45, 7) is 3.41. The molecule has 0 saturated heterocycles. The van der Waals surface area contributed by atoms with Crippen LogP contribution in [0.5, 0.6) is 5.75 Å². The lowest BCUT2D eigenvalue weighted by molar-refractivity contribution is -0.117. The van der Waals surface area contributed by atoms with E-state index in [-0.39, 0.29) is 32.6 Å². The fourth-order valence-electron chi connectivity index (χ4n) is 5.02. The first-order valence-corrected chi connectivity index (χ1v) is 19.9. The summed E-state index contributed by atoms with van der Waals surface area (Å²) in [6.07, 6.45) is 0. The SMILES string of the molecule is CC1=NN(c2ccc(S(=O)(=O)O)cc2)C(=O)[C@@H]1N=Nc1ccc(-c2ccc(N=Nc3ccc(OS(=O)(=O)c4ccc(C)cc4)cc3)c(S(=O)(=O)O)c2)cc1. The van der Waals surface area contributed by atoms with E-state index in [0.717, 1.165) is 22.7 Å². The molecule has 1 amide bonds. The minimum atomic E-state index is -4.75. The number of carbonyl (C=O) groups excluding carboxylic acids is 1. The molecule has 0 fully saturated rings. The molecule has 0 unspecified atom stereocenters. The Morgan fingerprint density at radius 1 is 0.648 bits per heavy atom. The number of amides is 1. The predicted molar refractivity (Wildman–Crippen MR) is 196 cm³/mol. The Morgan fingerprint density at radius 2 is 1.22 bits per heavy atom. The van der Waals surface area contributed by atoms with Crippen molar-refractivity contribution in [1.82, 2.24) is 0 Å². The summed E-state index contributed by atoms with van der Waals surface area (Å²) in [5.41, 5.74) is 2.89. The Kier molecular flexibility index (Phi) is 10.3. The number of aryl methyl sites for hydroxylation is 1. The maximum absolute atomic E-state index is 13.0. The van der Waals surface area contributed by atoms with Gasteiger partial charge in [0, 0.05) is 0 Å². The van der Waals surface area contributed by atoms with Gasteiger partial charge in [0.15, 0.2) is 6.04 Å². The maximum atomic E-state index is 13.0. The van der Waals surface area contributed by atoms with Crippen LogP contribution in [0.1, 0.15) is 12.5 Å². The number of hydrogen-bond acceptors (Lipinski definition) is 13. The van der Waals surface area contributed by atoms with Gasteiger partial charge in [0.05, 0.1) is 27.7 Å². The fraction of sp³-hybridized carbons (Fsp3) is 0.0857. The van der Waals surface area contributed by atoms with Crippen molar-refractivity contribution in [3.05, 3.63) is 121 Å². The largest absolute Gasteiger partial charge is 0.379 e. The van der Waals surface area contributed by atoms with Crippen LogP contribution >= 0.6 is 0 Å². The molecule has 1 aliphatic rings. The predicted octanol–water partition coefficient (Wildman–Crippen LogP) is 7.21. The summed E-state index contributed by atoms with van der Waals surface area (Å²) in [7, 11) is -13.2. The number of azo groups is 2. The van der Waals surface area contributed by atoms with Crippen molar-refractivity contribution in [2.24, 2.45) is 25.6 Å². The smallest absolute Gasteiger partial charge is 0.339 e. The lowest BCUT2D eigenvalue weighted by atomic mass is 10.1. The van der Waals surface area contributed by atoms with Crippen molar-refractivity contribution in [2.45, 2.75) is 34.6 Å². The third-order valence-electron chi connectivity index (χ3n) is 7.83. The minimum Gasteiger partial charge on any atom is -0.379 e. The van der Waals surface area contributed by atoms with Gasteiger partial charge in [0.25, 0.3) is 26.1 Å². The Hall–Kier alpha value is -5.99. The molecule has 1 atom stereocenters. The summed E-state index contributed by atoms with van der Waals surface area (Å²) in [5, 5.41) is 21.5. The standard InChI is InChI=1S/C35H28N6O10S3/c1-22-3-16-31(17-4-22)54(49,50)51-29-14-10-27(11-15-29)36-38-32-20-7-25(21-33(32)53(46,47)48)24-5-8-26(9-6-24)37-39-34-23(2)40-41(35(34)42)28-12-18-30(19-13-28)52(43,44)45/h3-21,34H,1-2H3,(H,43,44,45)(H,46,47,48)/t34-/m1/s1. The molecular formula is C35H28N6O10S3. The van der Waals surface area contributed by atoms with E-state index in [0.29, 0.717) is 22.5 Å². The second-order valence-corrected chi connectivity index (χ2v) is 16.1. The number of anilines is 1. The van der Waals surface area contributed by atoms with Gasteiger partial charge >= 0.3 is 10.1 Å². The van der Waals surface area contributed by atoms with E-state index in [4.69, 9.17) is 4.18 Å². The molecule has 0 spiro atoms. The van der Waals surface area contributed by atoms with Crippen LogP contribution < -0.4 is 9.19 Å². The van der Waals surface area contributed by atoms with Crippen LogP contribution in [0.25, 0.3) is 11.1 Å². The third-order valence-corrected chi connectivity index (χ3v) is 10.8. The van der Waals surface area contributed by atoms with Crippen LogP contribution in [-0.4, -0.2) is 52.0 Å². The fourth-order valence-corrected chi connectivity index (χ4v) is 7.08. The summed E-state index contributed by atoms with van der Waals surface area (Å²) in [4.78, 5) is 12.2. The molecule has 0 saturated carbocycles. The second-order valence-electron chi connectivity index (χ2n) is 11.7. The molecule has 1 aliphatic heterocycles. The zero-order valence-electron chi connectivity index (χ0n) is 28.1. The van der Waals surface area contributed by atoms with E-state index in [2.05, 4.69) is 25.6 Å². The van der Waals surface area contributed by atoms with Gasteiger partial charge in [0.2, 0.25) is 0 Å². The first-order chi connectivity index (χ1) is 25.5. The maximum Gasteiger partial charge on any atom is 0.339 e. The Bertz CT molecular complexity index is 2670. The van der Waals surface area contributed by atoms with Crippen molar-refractivity contribution in [3.63, 3.8) is 0 Å². The van der Waals surface area contributed by atoms with Crippen molar-refractivity contribution in [1.29, 1.82) is 0 Å². The molecule has 19 heteroatoms. The summed E-state index contributed by atoms with van der Waals surface area (Å²) >= 11 is 0. The van der Waals surface area contributed by atoms with Crippen LogP contribution in [0.4, 0.5) is 22.7 Å². The molecule has 5 aromatic carbocycles. The molecule has 16 nitrogen and oxygen atoms in total. The van der Waals surface area contributed by atoms with E-state index in [9.17, 15) is 39.2 Å². The first-order valence-electron chi connectivity index (χ1n) is 15.6. The van der Waals surface area contributed by atoms with Crippen LogP contribution in [0.15, 0.2) is 156 Å². The van der Waals surface area contributed by atoms with Crippen molar-refractivity contribution in [2.75, 3.05) is 5.01 Å². The highest BCUT2D eigenvalue weighted by Gasteiger charge is 2.35. The Morgan fingerprint density at radius 3 is 1.83 bits per heavy atom. The molecule has 5 aromatic rings. The monoisotopic (exact) mass is 788 g/mol. The van der Waals surface area contributed by atoms with Crippen LogP contribution in [0, 0.1) is 6.92 Å². The van der Waals surface area contributed by atoms with Crippen molar-refractivity contribution < 1.29 is 43.3 Å². The van der Waals surface area contributed by atoms with Gasteiger partial charge in [-0.3, -0.25) is 13.9 Å². The average molecular weight is 789 g/mol. The Labute approximate surface area is 309 Å². The van der Waals surface area contributed by atoms with Gasteiger partial charge < -0.3 is 4.18 Å². The normalized spacial score (nSPS) is 15.3. The van der Waals surface area contributed by atoms with Gasteiger partial charge in [0.1, 0.15) is 21.2 Å². The number of hydrogen-bond donors (Lipinski definition) is 2. The van der Waals surface area contributed by atoms with Crippen molar-refractivity contribution >= 4 is 64.7 Å². The number of nitrogens with zero attached hydrogens (tertiary/aromatic N) is 6. The Balaban J connectivity index is 1.13. The minimum absolute atomic E-state index is 0.0102. The topological polar surface area (TPSA) is 234 Å². The molecule has 0 bridgehead atoms. The molecule has 2 N–H and O–H groups in total. The molecule has 276 valence electrons. The molecule has 54 heavy (non-hydrogen) atoms. The van der Waals surface area contributed by atoms with E-state index >= 15 is 0 Å². The molecule has 1 heterocycles. The number of carbonyl (C=O) groups is 1. The highest BCUT2D eigenvalue weighted by molar-refractivity contribution is 7.87. The molecule has 0 aliphatic carbocycles. The quantitative estimate of drug-likeness (QED) is 0.0775. The van der Waals surface area contributed by atoms with Gasteiger partial charge in [-0.05, 0) is 110 Å². The van der Waals surface area contributed by atoms with Gasteiger partial charge in [-0.25, -0.2) is 0 Å². The average Bonchev–Trinajstić information content (AvgIpc) is 3.42. The lowest BCUT2D eigenvalue weighted by Gasteiger charge is -2.12. The molecule has 6 rings (SSSR count). The molecule has 0 aromatic heterocycles. The molecular weight excluding hydrogens is 761 g/mol. The van der Waals surface area contributed by atoms with Crippen LogP contribution in [0.3, 0.4) is 0 Å². The highest BCUT2D eigenvalue weighted by Crippen LogP contribution is 2.33. The van der Waals surface area contributed by atoms with Crippen LogP contribution in [-0.2, 0) is 35.1 Å². The van der Waals surface area contributed by atoms with E-state index in [1.54, 1.807) is 49.4 Å². The van der Waals surface area contributed by atoms with Gasteiger partial charge in [-0.1, -0.05) is 35.9 Å². The number of rotatable bonds is 11.